The third kappa shape index (κ3) is 6.60. The van der Waals surface area contributed by atoms with Crippen LogP contribution in [0.25, 0.3) is 0 Å². The predicted octanol–water partition coefficient (Wildman–Crippen LogP) is 6.02. The van der Waals surface area contributed by atoms with Crippen molar-refractivity contribution in [2.45, 2.75) is 39.0 Å². The highest BCUT2D eigenvalue weighted by Gasteiger charge is 2.23. The number of amides is 1. The van der Waals surface area contributed by atoms with E-state index in [0.29, 0.717) is 28.3 Å². The minimum absolute atomic E-state index is 0.0242. The molecule has 10 heteroatoms. The molecule has 0 saturated heterocycles. The van der Waals surface area contributed by atoms with E-state index < -0.39 is 15.8 Å². The van der Waals surface area contributed by atoms with Gasteiger partial charge in [-0.2, -0.15) is 0 Å². The van der Waals surface area contributed by atoms with Gasteiger partial charge in [-0.25, -0.2) is 13.4 Å². The smallest absolute Gasteiger partial charge is 0.261 e. The Balaban J connectivity index is 1.98. The first-order chi connectivity index (χ1) is 16.4. The van der Waals surface area contributed by atoms with Crippen molar-refractivity contribution >= 4 is 56.3 Å². The molecule has 0 fully saturated rings. The molecule has 35 heavy (non-hydrogen) atoms. The van der Waals surface area contributed by atoms with Gasteiger partial charge >= 0.3 is 0 Å². The van der Waals surface area contributed by atoms with Crippen molar-refractivity contribution in [3.05, 3.63) is 81.1 Å². The molecule has 1 heterocycles. The van der Waals surface area contributed by atoms with Crippen LogP contribution >= 0.6 is 23.2 Å². The van der Waals surface area contributed by atoms with Crippen LogP contribution in [0, 0.1) is 19.8 Å². The van der Waals surface area contributed by atoms with Crippen LogP contribution in [-0.4, -0.2) is 25.1 Å². The molecule has 0 radical (unpaired) electrons. The Kier molecular flexibility index (Phi) is 8.20. The first kappa shape index (κ1) is 26.7. The fourth-order valence-corrected chi connectivity index (χ4v) is 4.76. The van der Waals surface area contributed by atoms with Crippen LogP contribution in [0.4, 0.5) is 11.4 Å². The molecule has 0 aliphatic rings. The van der Waals surface area contributed by atoms with Crippen molar-refractivity contribution in [2.24, 2.45) is 5.92 Å². The van der Waals surface area contributed by atoms with E-state index in [1.807, 2.05) is 13.8 Å². The maximum Gasteiger partial charge on any atom is 0.261 e. The van der Waals surface area contributed by atoms with E-state index in [1.165, 1.54) is 30.5 Å². The molecule has 3 aromatic rings. The molecule has 3 rings (SSSR count). The van der Waals surface area contributed by atoms with Gasteiger partial charge in [0.2, 0.25) is 11.7 Å². The van der Waals surface area contributed by atoms with E-state index in [9.17, 15) is 18.0 Å². The number of halogens is 2. The molecule has 2 aromatic carbocycles. The number of benzene rings is 2. The Morgan fingerprint density at radius 3 is 2.37 bits per heavy atom. The summed E-state index contributed by atoms with van der Waals surface area (Å²) in [5.74, 6) is -0.512. The number of aromatic nitrogens is 1. The van der Waals surface area contributed by atoms with E-state index in [2.05, 4.69) is 15.0 Å². The van der Waals surface area contributed by atoms with Crippen LogP contribution in [0.15, 0.2) is 53.6 Å². The molecule has 0 aliphatic carbocycles. The summed E-state index contributed by atoms with van der Waals surface area (Å²) in [5, 5.41) is 3.37. The lowest BCUT2D eigenvalue weighted by atomic mass is 10.0. The van der Waals surface area contributed by atoms with Crippen LogP contribution < -0.4 is 10.0 Å². The first-order valence-electron chi connectivity index (χ1n) is 10.8. The lowest BCUT2D eigenvalue weighted by Gasteiger charge is -2.14. The van der Waals surface area contributed by atoms with Crippen LogP contribution in [0.3, 0.4) is 0 Å². The van der Waals surface area contributed by atoms with Crippen molar-refractivity contribution in [1.29, 1.82) is 0 Å². The molecule has 0 bridgehead atoms. The van der Waals surface area contributed by atoms with Gasteiger partial charge in [0.05, 0.1) is 15.6 Å². The predicted molar refractivity (Wildman–Crippen MR) is 139 cm³/mol. The Morgan fingerprint density at radius 2 is 1.71 bits per heavy atom. The third-order valence-corrected chi connectivity index (χ3v) is 7.11. The second-order valence-electron chi connectivity index (χ2n) is 8.57. The standard InChI is InChI=1S/C25H25Cl2N3O4S/c1-14(2)9-23(31)29-18-6-5-15(3)20(12-18)25(32)24-22(11-17(26)13-28-24)30-35(33,34)19-7-8-21(27)16(4)10-19/h5-8,10-14,30H,9H2,1-4H3,(H,29,31). The number of sulfonamides is 1. The summed E-state index contributed by atoms with van der Waals surface area (Å²) in [7, 11) is -4.07. The molecule has 0 aliphatic heterocycles. The van der Waals surface area contributed by atoms with Crippen molar-refractivity contribution in [2.75, 3.05) is 10.0 Å². The molecule has 184 valence electrons. The maximum atomic E-state index is 13.5. The number of aryl methyl sites for hydroxylation is 2. The quantitative estimate of drug-likeness (QED) is 0.344. The lowest BCUT2D eigenvalue weighted by molar-refractivity contribution is -0.116. The number of ketones is 1. The zero-order valence-electron chi connectivity index (χ0n) is 19.6. The van der Waals surface area contributed by atoms with Crippen LogP contribution in [0.5, 0.6) is 0 Å². The summed E-state index contributed by atoms with van der Waals surface area (Å²) >= 11 is 12.1. The van der Waals surface area contributed by atoms with Gasteiger partial charge in [0, 0.05) is 28.9 Å². The SMILES string of the molecule is Cc1cc(S(=O)(=O)Nc2cc(Cl)cnc2C(=O)c2cc(NC(=O)CC(C)C)ccc2C)ccc1Cl. The van der Waals surface area contributed by atoms with E-state index >= 15 is 0 Å². The fraction of sp³-hybridized carbons (Fsp3) is 0.240. The molecule has 0 unspecified atom stereocenters. The van der Waals surface area contributed by atoms with Gasteiger partial charge in [-0.3, -0.25) is 14.3 Å². The van der Waals surface area contributed by atoms with Gasteiger partial charge in [0.1, 0.15) is 5.69 Å². The summed E-state index contributed by atoms with van der Waals surface area (Å²) < 4.78 is 28.5. The number of hydrogen-bond donors (Lipinski definition) is 2. The van der Waals surface area contributed by atoms with E-state index in [0.717, 1.165) is 0 Å². The zero-order chi connectivity index (χ0) is 25.9. The van der Waals surface area contributed by atoms with E-state index in [-0.39, 0.29) is 38.7 Å². The minimum Gasteiger partial charge on any atom is -0.326 e. The number of nitrogens with zero attached hydrogens (tertiary/aromatic N) is 1. The average molecular weight is 534 g/mol. The minimum atomic E-state index is -4.07. The largest absolute Gasteiger partial charge is 0.326 e. The number of rotatable bonds is 8. The van der Waals surface area contributed by atoms with Gasteiger partial charge < -0.3 is 5.32 Å². The van der Waals surface area contributed by atoms with E-state index in [1.54, 1.807) is 32.0 Å². The number of anilines is 2. The Labute approximate surface area is 214 Å². The van der Waals surface area contributed by atoms with Gasteiger partial charge in [-0.1, -0.05) is 43.1 Å². The molecule has 0 saturated carbocycles. The molecule has 2 N–H and O–H groups in total. The molecular formula is C25H25Cl2N3O4S. The number of hydrogen-bond acceptors (Lipinski definition) is 5. The Hall–Kier alpha value is -2.94. The molecule has 1 amide bonds. The number of nitrogens with one attached hydrogen (secondary N) is 2. The van der Waals surface area contributed by atoms with Crippen molar-refractivity contribution in [3.63, 3.8) is 0 Å². The fourth-order valence-electron chi connectivity index (χ4n) is 3.34. The highest BCUT2D eigenvalue weighted by Crippen LogP contribution is 2.28. The van der Waals surface area contributed by atoms with Gasteiger partial charge in [-0.05, 0) is 67.3 Å². The summed E-state index contributed by atoms with van der Waals surface area (Å²) in [5.41, 5.74) is 1.75. The highest BCUT2D eigenvalue weighted by molar-refractivity contribution is 7.92. The third-order valence-electron chi connectivity index (χ3n) is 5.11. The average Bonchev–Trinajstić information content (AvgIpc) is 2.75. The van der Waals surface area contributed by atoms with Crippen molar-refractivity contribution in [3.8, 4) is 0 Å². The number of carbonyl (C=O) groups is 2. The molecular weight excluding hydrogens is 509 g/mol. The number of pyridine rings is 1. The molecule has 1 aromatic heterocycles. The van der Waals surface area contributed by atoms with Gasteiger partial charge in [-0.15, -0.1) is 0 Å². The summed E-state index contributed by atoms with van der Waals surface area (Å²) in [6, 6.07) is 10.6. The normalized spacial score (nSPS) is 11.4. The molecule has 0 atom stereocenters. The summed E-state index contributed by atoms with van der Waals surface area (Å²) in [4.78, 5) is 29.7. The second-order valence-corrected chi connectivity index (χ2v) is 11.1. The molecule has 7 nitrogen and oxygen atoms in total. The Morgan fingerprint density at radius 1 is 1.00 bits per heavy atom. The summed E-state index contributed by atoms with van der Waals surface area (Å²) in [6.45, 7) is 7.30. The van der Waals surface area contributed by atoms with Gasteiger partial charge in [0.25, 0.3) is 10.0 Å². The monoisotopic (exact) mass is 533 g/mol. The van der Waals surface area contributed by atoms with Crippen LogP contribution in [0.2, 0.25) is 10.0 Å². The summed E-state index contributed by atoms with van der Waals surface area (Å²) in [6.07, 6.45) is 1.61. The second kappa shape index (κ2) is 10.8. The zero-order valence-corrected chi connectivity index (χ0v) is 22.0. The highest BCUT2D eigenvalue weighted by atomic mass is 35.5. The maximum absolute atomic E-state index is 13.5. The van der Waals surface area contributed by atoms with Crippen molar-refractivity contribution in [1.82, 2.24) is 4.98 Å². The van der Waals surface area contributed by atoms with E-state index in [4.69, 9.17) is 23.2 Å². The van der Waals surface area contributed by atoms with Crippen LogP contribution in [0.1, 0.15) is 47.4 Å². The van der Waals surface area contributed by atoms with Gasteiger partial charge in [0.15, 0.2) is 0 Å². The topological polar surface area (TPSA) is 105 Å². The van der Waals surface area contributed by atoms with Crippen molar-refractivity contribution < 1.29 is 18.0 Å². The first-order valence-corrected chi connectivity index (χ1v) is 13.0. The van der Waals surface area contributed by atoms with Crippen LogP contribution in [-0.2, 0) is 14.8 Å². The molecule has 0 spiro atoms. The Bertz CT molecular complexity index is 1410. The number of carbonyl (C=O) groups excluding carboxylic acids is 2. The lowest BCUT2D eigenvalue weighted by Crippen LogP contribution is -2.18.